The monoisotopic (exact) mass is 307 g/mol. The van der Waals surface area contributed by atoms with E-state index >= 15 is 0 Å². The van der Waals surface area contributed by atoms with Crippen molar-refractivity contribution in [1.29, 1.82) is 0 Å². The van der Waals surface area contributed by atoms with Gasteiger partial charge < -0.3 is 14.4 Å². The van der Waals surface area contributed by atoms with Gasteiger partial charge in [0.2, 0.25) is 0 Å². The molecule has 1 heterocycles. The van der Waals surface area contributed by atoms with E-state index in [9.17, 15) is 9.90 Å². The van der Waals surface area contributed by atoms with Crippen LogP contribution < -0.4 is 0 Å². The second-order valence-corrected chi connectivity index (χ2v) is 5.42. The molecule has 2 rings (SSSR count). The van der Waals surface area contributed by atoms with Crippen molar-refractivity contribution in [3.8, 4) is 11.3 Å². The molecule has 0 saturated heterocycles. The molecule has 1 unspecified atom stereocenters. The number of aliphatic hydroxyl groups excluding tert-OH is 1. The van der Waals surface area contributed by atoms with Crippen LogP contribution in [0.15, 0.2) is 40.8 Å². The third kappa shape index (κ3) is 3.86. The van der Waals surface area contributed by atoms with Crippen LogP contribution >= 0.6 is 11.6 Å². The van der Waals surface area contributed by atoms with Crippen LogP contribution in [0.5, 0.6) is 0 Å². The Morgan fingerprint density at radius 3 is 2.71 bits per heavy atom. The fourth-order valence-corrected chi connectivity index (χ4v) is 2.16. The van der Waals surface area contributed by atoms with Crippen LogP contribution in [0.1, 0.15) is 23.9 Å². The minimum absolute atomic E-state index is 0.214. The third-order valence-corrected chi connectivity index (χ3v) is 3.51. The first kappa shape index (κ1) is 15.6. The summed E-state index contributed by atoms with van der Waals surface area (Å²) in [5.74, 6) is 0.611. The van der Waals surface area contributed by atoms with Crippen molar-refractivity contribution in [3.05, 3.63) is 47.2 Å². The average Bonchev–Trinajstić information content (AvgIpc) is 2.94. The molecule has 0 aliphatic rings. The van der Waals surface area contributed by atoms with Gasteiger partial charge in [0.15, 0.2) is 5.76 Å². The molecule has 0 spiro atoms. The molecule has 4 nitrogen and oxygen atoms in total. The third-order valence-electron chi connectivity index (χ3n) is 3.19. The highest BCUT2D eigenvalue weighted by Gasteiger charge is 2.17. The summed E-state index contributed by atoms with van der Waals surface area (Å²) in [6.07, 6.45) is 0.0934. The number of hydrogen-bond acceptors (Lipinski definition) is 3. The van der Waals surface area contributed by atoms with Gasteiger partial charge in [-0.25, -0.2) is 0 Å². The number of halogens is 1. The van der Waals surface area contributed by atoms with E-state index in [0.29, 0.717) is 23.7 Å². The number of furan rings is 1. The highest BCUT2D eigenvalue weighted by Crippen LogP contribution is 2.29. The lowest BCUT2D eigenvalue weighted by atomic mass is 10.2. The van der Waals surface area contributed by atoms with Gasteiger partial charge in [-0.05, 0) is 37.6 Å². The zero-order valence-corrected chi connectivity index (χ0v) is 12.8. The molecule has 1 aromatic heterocycles. The topological polar surface area (TPSA) is 53.7 Å². The average molecular weight is 308 g/mol. The Labute approximate surface area is 128 Å². The molecular formula is C16H18ClNO3. The molecule has 1 amide bonds. The Morgan fingerprint density at radius 1 is 1.33 bits per heavy atom. The summed E-state index contributed by atoms with van der Waals surface area (Å²) in [7, 11) is 1.68. The fraction of sp³-hybridized carbons (Fsp3) is 0.312. The molecule has 5 heteroatoms. The van der Waals surface area contributed by atoms with Crippen molar-refractivity contribution in [2.45, 2.75) is 19.4 Å². The van der Waals surface area contributed by atoms with Gasteiger partial charge in [-0.1, -0.05) is 23.7 Å². The molecule has 21 heavy (non-hydrogen) atoms. The van der Waals surface area contributed by atoms with Crippen LogP contribution in [0.2, 0.25) is 5.02 Å². The van der Waals surface area contributed by atoms with E-state index in [0.717, 1.165) is 5.56 Å². The molecule has 112 valence electrons. The van der Waals surface area contributed by atoms with Crippen molar-refractivity contribution in [3.63, 3.8) is 0 Å². The lowest BCUT2D eigenvalue weighted by Gasteiger charge is -2.16. The summed E-state index contributed by atoms with van der Waals surface area (Å²) < 4.78 is 5.60. The first-order valence-electron chi connectivity index (χ1n) is 6.77. The number of hydrogen-bond donors (Lipinski definition) is 1. The highest BCUT2D eigenvalue weighted by atomic mass is 35.5. The predicted molar refractivity (Wildman–Crippen MR) is 82.4 cm³/mol. The number of carbonyl (C=O) groups is 1. The highest BCUT2D eigenvalue weighted by molar-refractivity contribution is 6.33. The maximum Gasteiger partial charge on any atom is 0.289 e. The number of amides is 1. The minimum atomic E-state index is -0.435. The molecule has 0 aliphatic heterocycles. The number of rotatable bonds is 5. The fourth-order valence-electron chi connectivity index (χ4n) is 1.93. The molecular weight excluding hydrogens is 290 g/mol. The number of carbonyl (C=O) groups excluding carboxylic acids is 1. The minimum Gasteiger partial charge on any atom is -0.451 e. The number of aliphatic hydroxyl groups is 1. The molecule has 1 N–H and O–H groups in total. The van der Waals surface area contributed by atoms with E-state index in [1.54, 1.807) is 32.2 Å². The van der Waals surface area contributed by atoms with E-state index in [-0.39, 0.29) is 11.7 Å². The van der Waals surface area contributed by atoms with Gasteiger partial charge in [0.25, 0.3) is 5.91 Å². The van der Waals surface area contributed by atoms with Crippen LogP contribution in [0.3, 0.4) is 0 Å². The second-order valence-electron chi connectivity index (χ2n) is 5.01. The number of nitrogens with zero attached hydrogens (tertiary/aromatic N) is 1. The summed E-state index contributed by atoms with van der Waals surface area (Å²) in [5, 5.41) is 9.84. The van der Waals surface area contributed by atoms with Gasteiger partial charge in [-0.15, -0.1) is 0 Å². The van der Waals surface area contributed by atoms with E-state index < -0.39 is 6.10 Å². The Kier molecular flexibility index (Phi) is 5.04. The van der Waals surface area contributed by atoms with Gasteiger partial charge in [0.05, 0.1) is 11.1 Å². The van der Waals surface area contributed by atoms with Gasteiger partial charge in [0, 0.05) is 19.2 Å². The van der Waals surface area contributed by atoms with Gasteiger partial charge in [-0.3, -0.25) is 4.79 Å². The molecule has 0 fully saturated rings. The van der Waals surface area contributed by atoms with Gasteiger partial charge >= 0.3 is 0 Å². The maximum atomic E-state index is 12.2. The lowest BCUT2D eigenvalue weighted by Crippen LogP contribution is -2.29. The van der Waals surface area contributed by atoms with Crippen LogP contribution in [-0.2, 0) is 0 Å². The van der Waals surface area contributed by atoms with E-state index in [1.165, 1.54) is 4.90 Å². The predicted octanol–water partition coefficient (Wildman–Crippen LogP) is 3.44. The molecule has 0 radical (unpaired) electrons. The van der Waals surface area contributed by atoms with E-state index in [4.69, 9.17) is 16.0 Å². The summed E-state index contributed by atoms with van der Waals surface area (Å²) in [5.41, 5.74) is 0.754. The van der Waals surface area contributed by atoms with Crippen LogP contribution in [-0.4, -0.2) is 35.6 Å². The molecule has 2 aromatic rings. The van der Waals surface area contributed by atoms with Crippen molar-refractivity contribution in [1.82, 2.24) is 4.90 Å². The van der Waals surface area contributed by atoms with Crippen molar-refractivity contribution in [2.75, 3.05) is 13.6 Å². The molecule has 0 bridgehead atoms. The largest absolute Gasteiger partial charge is 0.451 e. The Hall–Kier alpha value is -1.78. The smallest absolute Gasteiger partial charge is 0.289 e. The molecule has 0 saturated carbocycles. The molecule has 1 atom stereocenters. The normalized spacial score (nSPS) is 12.2. The second kappa shape index (κ2) is 6.78. The molecule has 1 aromatic carbocycles. The number of benzene rings is 1. The quantitative estimate of drug-likeness (QED) is 0.920. The zero-order valence-electron chi connectivity index (χ0n) is 12.0. The standard InChI is InChI=1S/C16H18ClNO3/c1-11(19)9-10-18(2)16(20)15-8-7-14(21-15)12-5-3-4-6-13(12)17/h3-8,11,19H,9-10H2,1-2H3. The van der Waals surface area contributed by atoms with Crippen LogP contribution in [0.4, 0.5) is 0 Å². The Bertz CT molecular complexity index is 621. The summed E-state index contributed by atoms with van der Waals surface area (Å²) in [4.78, 5) is 13.7. The zero-order chi connectivity index (χ0) is 15.4. The SMILES string of the molecule is CC(O)CCN(C)C(=O)c1ccc(-c2ccccc2Cl)o1. The van der Waals surface area contributed by atoms with Crippen molar-refractivity contribution >= 4 is 17.5 Å². The summed E-state index contributed by atoms with van der Waals surface area (Å²) >= 11 is 6.11. The van der Waals surface area contributed by atoms with Crippen molar-refractivity contribution in [2.24, 2.45) is 0 Å². The van der Waals surface area contributed by atoms with Gasteiger partial charge in [0.1, 0.15) is 5.76 Å². The van der Waals surface area contributed by atoms with Crippen LogP contribution in [0, 0.1) is 0 Å². The Balaban J connectivity index is 2.13. The first-order valence-corrected chi connectivity index (χ1v) is 7.15. The molecule has 0 aliphatic carbocycles. The van der Waals surface area contributed by atoms with Gasteiger partial charge in [-0.2, -0.15) is 0 Å². The summed E-state index contributed by atoms with van der Waals surface area (Å²) in [6, 6.07) is 10.7. The van der Waals surface area contributed by atoms with E-state index in [1.807, 2.05) is 18.2 Å². The Morgan fingerprint density at radius 2 is 2.05 bits per heavy atom. The van der Waals surface area contributed by atoms with Crippen LogP contribution in [0.25, 0.3) is 11.3 Å². The lowest BCUT2D eigenvalue weighted by molar-refractivity contribution is 0.0739. The summed E-state index contributed by atoms with van der Waals surface area (Å²) in [6.45, 7) is 2.17. The van der Waals surface area contributed by atoms with Crippen molar-refractivity contribution < 1.29 is 14.3 Å². The first-order chi connectivity index (χ1) is 9.99. The van der Waals surface area contributed by atoms with E-state index in [2.05, 4.69) is 0 Å². The maximum absolute atomic E-state index is 12.2.